The van der Waals surface area contributed by atoms with Crippen LogP contribution in [0.15, 0.2) is 58.7 Å². The van der Waals surface area contributed by atoms with Gasteiger partial charge in [-0.2, -0.15) is 0 Å². The van der Waals surface area contributed by atoms with Gasteiger partial charge < -0.3 is 38.6 Å². The first kappa shape index (κ1) is 49.3. The molecule has 390 valence electrons. The van der Waals surface area contributed by atoms with Crippen LogP contribution in [0.4, 0.5) is 0 Å². The molecule has 15 heteroatoms. The summed E-state index contributed by atoms with van der Waals surface area (Å²) in [5.41, 5.74) is 2.19. The molecule has 2 N–H and O–H groups in total. The van der Waals surface area contributed by atoms with Gasteiger partial charge >= 0.3 is 17.9 Å². The lowest BCUT2D eigenvalue weighted by molar-refractivity contribution is -0.367. The van der Waals surface area contributed by atoms with E-state index in [1.54, 1.807) is 0 Å². The molecule has 17 atom stereocenters. The highest BCUT2D eigenvalue weighted by molar-refractivity contribution is 8.01. The number of carbonyl (C=O) groups excluding carboxylic acids is 5. The smallest absolute Gasteiger partial charge is 0.334 e. The minimum atomic E-state index is -0.897. The number of cyclic esters (lactones) is 1. The van der Waals surface area contributed by atoms with Crippen LogP contribution >= 0.6 is 11.8 Å². The third-order valence-corrected chi connectivity index (χ3v) is 21.7. The van der Waals surface area contributed by atoms with Crippen LogP contribution in [0.5, 0.6) is 0 Å². The summed E-state index contributed by atoms with van der Waals surface area (Å²) in [5, 5.41) is 20.7. The fraction of sp³-hybridized carbons (Fsp3) is 0.737. The van der Waals surface area contributed by atoms with Crippen LogP contribution in [0.3, 0.4) is 0 Å². The summed E-state index contributed by atoms with van der Waals surface area (Å²) in [7, 11) is 0. The summed E-state index contributed by atoms with van der Waals surface area (Å²) < 4.78 is 38.2. The Balaban J connectivity index is 0.630. The van der Waals surface area contributed by atoms with Crippen molar-refractivity contribution in [3.05, 3.63) is 58.7 Å². The average Bonchev–Trinajstić information content (AvgIpc) is 4.27. The van der Waals surface area contributed by atoms with Gasteiger partial charge in [0.05, 0.1) is 29.3 Å². The summed E-state index contributed by atoms with van der Waals surface area (Å²) in [6.07, 6.45) is 16.1. The maximum atomic E-state index is 13.9. The van der Waals surface area contributed by atoms with Gasteiger partial charge in [-0.3, -0.25) is 24.1 Å². The van der Waals surface area contributed by atoms with Gasteiger partial charge in [-0.05, 0) is 122 Å². The van der Waals surface area contributed by atoms with Gasteiger partial charge in [0.15, 0.2) is 6.10 Å². The first-order valence-electron chi connectivity index (χ1n) is 27.3. The van der Waals surface area contributed by atoms with E-state index < -0.39 is 58.2 Å². The predicted molar refractivity (Wildman–Crippen MR) is 263 cm³/mol. The third-order valence-electron chi connectivity index (χ3n) is 20.6. The normalized spacial score (nSPS) is 45.2. The lowest BCUT2D eigenvalue weighted by atomic mass is 9.42. The Bertz CT molecular complexity index is 2490. The Labute approximate surface area is 427 Å². The number of likely N-dealkylation sites (tertiary alicyclic amines) is 1. The number of amides is 2. The van der Waals surface area contributed by atoms with E-state index in [1.807, 2.05) is 6.08 Å². The molecular weight excluding hydrogens is 939 g/mol. The molecule has 0 aromatic rings. The average molecular weight is 1010 g/mol. The van der Waals surface area contributed by atoms with Gasteiger partial charge in [-0.15, -0.1) is 11.8 Å². The number of esters is 3. The molecule has 11 fully saturated rings. The molecule has 72 heavy (non-hydrogen) atoms. The zero-order chi connectivity index (χ0) is 50.4. The van der Waals surface area contributed by atoms with Gasteiger partial charge in [0.1, 0.15) is 41.7 Å². The van der Waals surface area contributed by atoms with Crippen LogP contribution in [0.25, 0.3) is 0 Å². The molecule has 7 aliphatic carbocycles. The van der Waals surface area contributed by atoms with Crippen LogP contribution < -0.4 is 0 Å². The highest BCUT2D eigenvalue weighted by atomic mass is 32.2. The van der Waals surface area contributed by atoms with E-state index in [0.717, 1.165) is 73.4 Å². The van der Waals surface area contributed by atoms with Crippen LogP contribution in [-0.4, -0.2) is 129 Å². The molecular formula is C57H73NO13S. The van der Waals surface area contributed by atoms with Crippen molar-refractivity contribution >= 4 is 41.5 Å². The minimum absolute atomic E-state index is 0.00350. The number of ether oxygens (including phenoxy) is 6. The van der Waals surface area contributed by atoms with Gasteiger partial charge in [0.2, 0.25) is 11.8 Å². The van der Waals surface area contributed by atoms with Gasteiger partial charge in [-0.1, -0.05) is 71.1 Å². The zero-order valence-corrected chi connectivity index (χ0v) is 43.4. The molecule has 6 saturated carbocycles. The molecule has 13 aliphatic rings. The topological polar surface area (TPSA) is 191 Å². The second-order valence-electron chi connectivity index (χ2n) is 24.6. The number of rotatable bonds is 15. The predicted octanol–water partition coefficient (Wildman–Crippen LogP) is 6.95. The summed E-state index contributed by atoms with van der Waals surface area (Å²) >= 11 is 1.07. The van der Waals surface area contributed by atoms with E-state index in [-0.39, 0.29) is 104 Å². The van der Waals surface area contributed by atoms with Gasteiger partial charge in [-0.25, -0.2) is 4.79 Å². The summed E-state index contributed by atoms with van der Waals surface area (Å²) in [6.45, 7) is 15.8. The summed E-state index contributed by atoms with van der Waals surface area (Å²) in [6, 6.07) is 0. The minimum Gasteiger partial charge on any atom is -0.458 e. The highest BCUT2D eigenvalue weighted by Crippen LogP contribution is 2.82. The van der Waals surface area contributed by atoms with Crippen molar-refractivity contribution in [3.8, 4) is 0 Å². The number of epoxide rings is 2. The van der Waals surface area contributed by atoms with Crippen LogP contribution in [0, 0.1) is 46.3 Å². The van der Waals surface area contributed by atoms with Crippen molar-refractivity contribution < 1.29 is 62.6 Å². The Morgan fingerprint density at radius 1 is 0.958 bits per heavy atom. The molecule has 6 heterocycles. The van der Waals surface area contributed by atoms with E-state index in [4.69, 9.17) is 28.4 Å². The number of thioether (sulfide) groups is 1. The number of imide groups is 1. The van der Waals surface area contributed by atoms with Gasteiger partial charge in [0.25, 0.3) is 0 Å². The van der Waals surface area contributed by atoms with Crippen LogP contribution in [0.1, 0.15) is 131 Å². The number of hydrogen-bond donors (Lipinski definition) is 2. The molecule has 13 rings (SSSR count). The number of aliphatic hydroxyl groups excluding tert-OH is 2. The SMILES string of the molecule is C=C1/C(=C\C=C2/CCC[C@@]3(C)C2CCC3[C@@H](C)/C=C/C(O)C2CC2)C[C@@H](O)C[C@@H]1OC(=O)CSC1CC(=O)N(CCCC(=O)O[C@@H]2[C@@]3(C(C)C)O[C@H]3[C@@H]3O[C@@]34[C@@]3(C)CCC5=C(COC5=O)[C@@H]3[C@H]3C[C@@]24O3)C1=O. The lowest BCUT2D eigenvalue weighted by Crippen LogP contribution is -2.84. The van der Waals surface area contributed by atoms with Crippen LogP contribution in [0.2, 0.25) is 0 Å². The molecule has 2 amide bonds. The zero-order valence-electron chi connectivity index (χ0n) is 42.6. The number of fused-ring (bicyclic) bond motifs is 3. The second-order valence-corrected chi connectivity index (χ2v) is 25.8. The third kappa shape index (κ3) is 7.29. The van der Waals surface area contributed by atoms with Crippen molar-refractivity contribution in [1.82, 2.24) is 4.90 Å². The number of carbonyl (C=O) groups is 5. The van der Waals surface area contributed by atoms with Crippen LogP contribution in [-0.2, 0) is 52.4 Å². The largest absolute Gasteiger partial charge is 0.458 e. The number of aliphatic hydroxyl groups is 2. The summed E-state index contributed by atoms with van der Waals surface area (Å²) in [5.74, 6) is -0.327. The molecule has 5 saturated heterocycles. The molecule has 14 nitrogen and oxygen atoms in total. The molecule has 2 bridgehead atoms. The van der Waals surface area contributed by atoms with Gasteiger partial charge in [0, 0.05) is 49.1 Å². The monoisotopic (exact) mass is 1010 g/mol. The fourth-order valence-electron chi connectivity index (χ4n) is 16.7. The van der Waals surface area contributed by atoms with E-state index in [0.29, 0.717) is 48.5 Å². The quantitative estimate of drug-likeness (QED) is 0.0563. The Kier molecular flexibility index (Phi) is 12.0. The van der Waals surface area contributed by atoms with E-state index in [9.17, 15) is 34.2 Å². The maximum Gasteiger partial charge on any atom is 0.334 e. The van der Waals surface area contributed by atoms with E-state index in [1.165, 1.54) is 16.9 Å². The Morgan fingerprint density at radius 3 is 2.51 bits per heavy atom. The lowest BCUT2D eigenvalue weighted by Gasteiger charge is -2.70. The number of nitrogens with zero attached hydrogens (tertiary/aromatic N) is 1. The Morgan fingerprint density at radius 2 is 1.75 bits per heavy atom. The van der Waals surface area contributed by atoms with Crippen molar-refractivity contribution in [2.45, 2.75) is 196 Å². The molecule has 2 spiro atoms. The molecule has 0 aromatic heterocycles. The van der Waals surface area contributed by atoms with Crippen molar-refractivity contribution in [2.24, 2.45) is 46.3 Å². The Hall–Kier alpha value is -3.60. The number of allylic oxidation sites excluding steroid dienone is 4. The van der Waals surface area contributed by atoms with E-state index >= 15 is 0 Å². The van der Waals surface area contributed by atoms with Crippen molar-refractivity contribution in [2.75, 3.05) is 18.9 Å². The second kappa shape index (κ2) is 17.5. The highest BCUT2D eigenvalue weighted by Gasteiger charge is 2.99. The van der Waals surface area contributed by atoms with Crippen molar-refractivity contribution in [1.29, 1.82) is 0 Å². The van der Waals surface area contributed by atoms with E-state index in [2.05, 4.69) is 59.4 Å². The summed E-state index contributed by atoms with van der Waals surface area (Å²) in [4.78, 5) is 67.8. The molecule has 0 radical (unpaired) electrons. The first-order chi connectivity index (χ1) is 34.4. The standard InChI is InChI=1S/C57H73NO13S/c1-29(2)56-48(70-56)49-57(71-49)54(6)21-19-36-37(27-66-51(36)65)47(54)42-26-55(57,69-42)52(56)68-45(62)10-8-22-58-44(61)25-43(50(58)64)72-28-46(63)67-41-24-35(59)23-34(31(41)4)15-12-32-9-7-20-53(5)38(16-17-39(32)53)30(3)11-18-40(60)33-13-14-33/h11-12,15,18,29-30,33,35,38-43,47-49,52,59-60H,4,7-10,13-14,16-17,19-28H2,1-3,5-6H3/b18-11+,32-12+,34-15-/t30-,35+,38?,39?,40?,41-,42+,43?,47+,48-,49-,52-,53+,54-,55+,56-,57+/m0/s1. The molecule has 0 aromatic carbocycles. The molecule has 4 unspecified atom stereocenters. The first-order valence-corrected chi connectivity index (χ1v) is 28.3. The molecule has 6 aliphatic heterocycles. The fourth-order valence-corrected chi connectivity index (χ4v) is 17.7. The maximum absolute atomic E-state index is 13.9. The van der Waals surface area contributed by atoms with Crippen molar-refractivity contribution in [3.63, 3.8) is 0 Å². The number of hydrogen-bond acceptors (Lipinski definition) is 14.